The minimum absolute atomic E-state index is 0.0476. The molecule has 3 rings (SSSR count). The zero-order chi connectivity index (χ0) is 25.8. The van der Waals surface area contributed by atoms with Gasteiger partial charge in [-0.1, -0.05) is 62.7 Å². The maximum absolute atomic E-state index is 13.4. The van der Waals surface area contributed by atoms with E-state index in [2.05, 4.69) is 5.32 Å². The lowest BCUT2D eigenvalue weighted by molar-refractivity contribution is -0.141. The molecular weight excluding hydrogens is 466 g/mol. The van der Waals surface area contributed by atoms with Crippen molar-refractivity contribution >= 4 is 27.7 Å². The van der Waals surface area contributed by atoms with Crippen LogP contribution in [0.4, 0.5) is 0 Å². The molecule has 0 saturated heterocycles. The van der Waals surface area contributed by atoms with E-state index in [0.29, 0.717) is 13.0 Å². The third kappa shape index (κ3) is 5.90. The summed E-state index contributed by atoms with van der Waals surface area (Å²) in [5.41, 5.74) is 2.00. The van der Waals surface area contributed by atoms with Crippen molar-refractivity contribution in [2.24, 2.45) is 5.92 Å². The first kappa shape index (κ1) is 26.4. The summed E-state index contributed by atoms with van der Waals surface area (Å²) < 4.78 is 26.5. The van der Waals surface area contributed by atoms with Gasteiger partial charge in [-0.2, -0.15) is 0 Å². The van der Waals surface area contributed by atoms with Crippen molar-refractivity contribution in [1.29, 1.82) is 0 Å². The SMILES string of the molecule is CC[C@@H](C(=O)NCC(C)C)N(Cc1cccc(C)c1)C(=O)CCN1C(=O)c2ccccc2S1(=O)=O. The van der Waals surface area contributed by atoms with E-state index in [4.69, 9.17) is 0 Å². The molecule has 0 fully saturated rings. The van der Waals surface area contributed by atoms with Gasteiger partial charge in [-0.3, -0.25) is 14.4 Å². The predicted octanol–water partition coefficient (Wildman–Crippen LogP) is 3.11. The van der Waals surface area contributed by atoms with Gasteiger partial charge in [0.15, 0.2) is 0 Å². The molecule has 0 aliphatic carbocycles. The van der Waals surface area contributed by atoms with Gasteiger partial charge in [0.05, 0.1) is 5.56 Å². The lowest BCUT2D eigenvalue weighted by Crippen LogP contribution is -2.50. The largest absolute Gasteiger partial charge is 0.354 e. The quantitative estimate of drug-likeness (QED) is 0.541. The fourth-order valence-corrected chi connectivity index (χ4v) is 5.71. The zero-order valence-corrected chi connectivity index (χ0v) is 21.5. The Kier molecular flexibility index (Phi) is 8.32. The molecule has 1 heterocycles. The molecule has 0 spiro atoms. The molecule has 8 nitrogen and oxygen atoms in total. The minimum atomic E-state index is -4.01. The lowest BCUT2D eigenvalue weighted by Gasteiger charge is -2.31. The number of rotatable bonds is 10. The number of hydrogen-bond donors (Lipinski definition) is 1. The Bertz CT molecular complexity index is 1210. The van der Waals surface area contributed by atoms with Crippen LogP contribution >= 0.6 is 0 Å². The molecule has 1 aliphatic rings. The second-order valence-corrected chi connectivity index (χ2v) is 11.0. The van der Waals surface area contributed by atoms with E-state index in [1.165, 1.54) is 17.0 Å². The van der Waals surface area contributed by atoms with Crippen molar-refractivity contribution in [3.05, 3.63) is 65.2 Å². The van der Waals surface area contributed by atoms with E-state index in [1.54, 1.807) is 12.1 Å². The molecule has 1 atom stereocenters. The standard InChI is InChI=1S/C26H33N3O5S/c1-5-22(25(31)27-16-18(2)3)28(17-20-10-8-9-19(4)15-20)24(30)13-14-29-26(32)21-11-6-7-12-23(21)35(29,33)34/h6-12,15,18,22H,5,13-14,16-17H2,1-4H3,(H,27,31)/t22-/m0/s1. The van der Waals surface area contributed by atoms with Crippen LogP contribution in [0.15, 0.2) is 53.4 Å². The van der Waals surface area contributed by atoms with Crippen molar-refractivity contribution < 1.29 is 22.8 Å². The molecular formula is C26H33N3O5S. The molecule has 1 aliphatic heterocycles. The molecule has 188 valence electrons. The van der Waals surface area contributed by atoms with E-state index in [1.807, 2.05) is 52.0 Å². The van der Waals surface area contributed by atoms with E-state index >= 15 is 0 Å². The number of nitrogens with zero attached hydrogens (tertiary/aromatic N) is 2. The highest BCUT2D eigenvalue weighted by Crippen LogP contribution is 2.30. The van der Waals surface area contributed by atoms with Gasteiger partial charge in [0, 0.05) is 26.1 Å². The fourth-order valence-electron chi connectivity index (χ4n) is 4.14. The van der Waals surface area contributed by atoms with Crippen molar-refractivity contribution in [3.63, 3.8) is 0 Å². The molecule has 9 heteroatoms. The second kappa shape index (κ2) is 11.0. The van der Waals surface area contributed by atoms with Crippen molar-refractivity contribution in [2.45, 2.75) is 58.0 Å². The highest BCUT2D eigenvalue weighted by atomic mass is 32.2. The topological polar surface area (TPSA) is 104 Å². The number of benzene rings is 2. The molecule has 1 N–H and O–H groups in total. The van der Waals surface area contributed by atoms with Gasteiger partial charge >= 0.3 is 0 Å². The van der Waals surface area contributed by atoms with E-state index in [9.17, 15) is 22.8 Å². The van der Waals surface area contributed by atoms with Crippen molar-refractivity contribution in [1.82, 2.24) is 14.5 Å². The summed E-state index contributed by atoms with van der Waals surface area (Å²) in [6.07, 6.45) is 0.173. The Morgan fingerprint density at radius 2 is 1.80 bits per heavy atom. The fraction of sp³-hybridized carbons (Fsp3) is 0.423. The average Bonchev–Trinajstić information content (AvgIpc) is 3.01. The average molecular weight is 500 g/mol. The van der Waals surface area contributed by atoms with Gasteiger partial charge in [0.25, 0.3) is 15.9 Å². The smallest absolute Gasteiger partial charge is 0.269 e. The summed E-state index contributed by atoms with van der Waals surface area (Å²) in [6.45, 7) is 8.16. The molecule has 2 aromatic rings. The Balaban J connectivity index is 1.82. The van der Waals surface area contributed by atoms with Crippen LogP contribution in [0.3, 0.4) is 0 Å². The molecule has 3 amide bonds. The first-order valence-corrected chi connectivity index (χ1v) is 13.3. The van der Waals surface area contributed by atoms with Gasteiger partial charge in [0.2, 0.25) is 11.8 Å². The van der Waals surface area contributed by atoms with Crippen LogP contribution in [-0.2, 0) is 26.2 Å². The molecule has 0 radical (unpaired) electrons. The third-order valence-corrected chi connectivity index (χ3v) is 7.79. The maximum Gasteiger partial charge on any atom is 0.269 e. The van der Waals surface area contributed by atoms with Gasteiger partial charge in [-0.15, -0.1) is 0 Å². The van der Waals surface area contributed by atoms with Crippen molar-refractivity contribution in [3.8, 4) is 0 Å². The van der Waals surface area contributed by atoms with E-state index in [0.717, 1.165) is 15.4 Å². The van der Waals surface area contributed by atoms with Crippen LogP contribution < -0.4 is 5.32 Å². The highest BCUT2D eigenvalue weighted by Gasteiger charge is 2.41. The van der Waals surface area contributed by atoms with Crippen LogP contribution in [0.1, 0.15) is 55.1 Å². The van der Waals surface area contributed by atoms with Crippen LogP contribution in [-0.4, -0.2) is 54.5 Å². The van der Waals surface area contributed by atoms with Crippen LogP contribution in [0.5, 0.6) is 0 Å². The Morgan fingerprint density at radius 1 is 1.09 bits per heavy atom. The molecule has 35 heavy (non-hydrogen) atoms. The number of amides is 3. The van der Waals surface area contributed by atoms with Crippen molar-refractivity contribution in [2.75, 3.05) is 13.1 Å². The summed E-state index contributed by atoms with van der Waals surface area (Å²) >= 11 is 0. The number of aryl methyl sites for hydroxylation is 1. The molecule has 2 aromatic carbocycles. The molecule has 0 unspecified atom stereocenters. The van der Waals surface area contributed by atoms with Gasteiger partial charge in [-0.05, 0) is 37.0 Å². The third-order valence-electron chi connectivity index (χ3n) is 5.95. The summed E-state index contributed by atoms with van der Waals surface area (Å²) in [6, 6.07) is 13.0. The summed E-state index contributed by atoms with van der Waals surface area (Å²) in [4.78, 5) is 40.6. The number of carbonyl (C=O) groups excluding carboxylic acids is 3. The van der Waals surface area contributed by atoms with Crippen LogP contribution in [0.2, 0.25) is 0 Å². The number of nitrogens with one attached hydrogen (secondary N) is 1. The summed E-state index contributed by atoms with van der Waals surface area (Å²) in [5.74, 6) is -1.03. The van der Waals surface area contributed by atoms with E-state index in [-0.39, 0.29) is 41.8 Å². The number of sulfonamides is 1. The maximum atomic E-state index is 13.4. The lowest BCUT2D eigenvalue weighted by atomic mass is 10.1. The first-order chi connectivity index (χ1) is 16.6. The van der Waals surface area contributed by atoms with Crippen LogP contribution in [0, 0.1) is 12.8 Å². The van der Waals surface area contributed by atoms with Gasteiger partial charge in [-0.25, -0.2) is 12.7 Å². The molecule has 0 aromatic heterocycles. The highest BCUT2D eigenvalue weighted by molar-refractivity contribution is 7.90. The normalized spacial score (nSPS) is 15.1. The minimum Gasteiger partial charge on any atom is -0.354 e. The Morgan fingerprint density at radius 3 is 2.43 bits per heavy atom. The Labute approximate surface area is 207 Å². The van der Waals surface area contributed by atoms with E-state index < -0.39 is 27.9 Å². The van der Waals surface area contributed by atoms with Gasteiger partial charge in [0.1, 0.15) is 10.9 Å². The predicted molar refractivity (Wildman–Crippen MR) is 133 cm³/mol. The molecule has 0 bridgehead atoms. The number of carbonyl (C=O) groups is 3. The summed E-state index contributed by atoms with van der Waals surface area (Å²) in [5, 5.41) is 2.90. The van der Waals surface area contributed by atoms with Crippen LogP contribution in [0.25, 0.3) is 0 Å². The first-order valence-electron chi connectivity index (χ1n) is 11.8. The monoisotopic (exact) mass is 499 g/mol. The summed E-state index contributed by atoms with van der Waals surface area (Å²) in [7, 11) is -4.01. The second-order valence-electron chi connectivity index (χ2n) is 9.20. The zero-order valence-electron chi connectivity index (χ0n) is 20.7. The number of fused-ring (bicyclic) bond motifs is 1. The molecule has 0 saturated carbocycles. The van der Waals surface area contributed by atoms with Gasteiger partial charge < -0.3 is 10.2 Å². The number of hydrogen-bond acceptors (Lipinski definition) is 5. The Hall–Kier alpha value is -3.20.